The highest BCUT2D eigenvalue weighted by molar-refractivity contribution is 14.0. The van der Waals surface area contributed by atoms with E-state index in [1.807, 2.05) is 6.08 Å². The molecule has 0 radical (unpaired) electrons. The number of likely N-dealkylation sites (tertiary alicyclic amines) is 1. The lowest BCUT2D eigenvalue weighted by Gasteiger charge is -2.33. The van der Waals surface area contributed by atoms with E-state index in [2.05, 4.69) is 58.2 Å². The average molecular weight is 542 g/mol. The van der Waals surface area contributed by atoms with E-state index in [1.54, 1.807) is 0 Å². The molecular weight excluding hydrogens is 501 g/mol. The first kappa shape index (κ1) is 25.9. The summed E-state index contributed by atoms with van der Waals surface area (Å²) in [4.78, 5) is 9.69. The number of anilines is 1. The summed E-state index contributed by atoms with van der Waals surface area (Å²) in [5.74, 6) is 1.39. The topological polar surface area (TPSA) is 63.1 Å². The molecule has 31 heavy (non-hydrogen) atoms. The Hall–Kier alpha value is -1.32. The Bertz CT molecular complexity index is 665. The van der Waals surface area contributed by atoms with Gasteiger partial charge in [0.25, 0.3) is 0 Å². The largest absolute Gasteiger partial charge is 0.396 e. The van der Waals surface area contributed by atoms with E-state index in [0.717, 1.165) is 70.9 Å². The number of hydrogen-bond acceptors (Lipinski definition) is 4. The second kappa shape index (κ2) is 14.0. The molecule has 3 N–H and O–H groups in total. The Balaban J connectivity index is 0.00000341. The number of hydrogen-bond donors (Lipinski definition) is 3. The second-order valence-corrected chi connectivity index (χ2v) is 8.48. The number of nitrogens with zero attached hydrogens (tertiary/aromatic N) is 3. The molecule has 0 aliphatic carbocycles. The molecule has 2 heterocycles. The molecule has 2 fully saturated rings. The number of piperidine rings is 2. The molecule has 0 unspecified atom stereocenters. The van der Waals surface area contributed by atoms with Gasteiger partial charge in [0.1, 0.15) is 0 Å². The van der Waals surface area contributed by atoms with Crippen molar-refractivity contribution in [2.45, 2.75) is 45.2 Å². The van der Waals surface area contributed by atoms with Gasteiger partial charge in [0.15, 0.2) is 5.96 Å². The Labute approximate surface area is 205 Å². The van der Waals surface area contributed by atoms with Crippen molar-refractivity contribution < 1.29 is 5.11 Å². The number of aliphatic imine (C=N–C) groups is 1. The second-order valence-electron chi connectivity index (χ2n) is 8.48. The van der Waals surface area contributed by atoms with Gasteiger partial charge in [-0.2, -0.15) is 0 Å². The number of benzene rings is 1. The summed E-state index contributed by atoms with van der Waals surface area (Å²) in [6, 6.07) is 9.27. The first-order valence-corrected chi connectivity index (χ1v) is 11.5. The molecule has 0 saturated carbocycles. The standard InChI is InChI=1S/C24H39N5O.HI/c1-3-13-28-14-11-22(12-15-28)27-24(25-4-2)26-18-20-5-7-23(8-6-20)29-16-9-21(19-30)10-17-29;/h3,5-8,21-22,30H,1,4,9-19H2,2H3,(H2,25,26,27);1H. The summed E-state index contributed by atoms with van der Waals surface area (Å²) in [6.45, 7) is 13.1. The predicted octanol–water partition coefficient (Wildman–Crippen LogP) is 3.22. The maximum Gasteiger partial charge on any atom is 0.191 e. The molecule has 2 aliphatic heterocycles. The van der Waals surface area contributed by atoms with Gasteiger partial charge in [-0.15, -0.1) is 30.6 Å². The molecule has 2 aliphatic rings. The van der Waals surface area contributed by atoms with Crippen molar-refractivity contribution in [2.24, 2.45) is 10.9 Å². The molecule has 0 atom stereocenters. The summed E-state index contributed by atoms with van der Waals surface area (Å²) < 4.78 is 0. The van der Waals surface area contributed by atoms with Crippen LogP contribution < -0.4 is 15.5 Å². The highest BCUT2D eigenvalue weighted by Crippen LogP contribution is 2.23. The zero-order valence-electron chi connectivity index (χ0n) is 18.9. The van der Waals surface area contributed by atoms with Crippen molar-refractivity contribution in [3.05, 3.63) is 42.5 Å². The van der Waals surface area contributed by atoms with Gasteiger partial charge in [-0.3, -0.25) is 4.90 Å². The van der Waals surface area contributed by atoms with Crippen LogP contribution in [0.2, 0.25) is 0 Å². The van der Waals surface area contributed by atoms with Crippen molar-refractivity contribution in [3.8, 4) is 0 Å². The Morgan fingerprint density at radius 1 is 1.13 bits per heavy atom. The first-order chi connectivity index (χ1) is 14.7. The van der Waals surface area contributed by atoms with Crippen LogP contribution in [-0.4, -0.2) is 67.9 Å². The van der Waals surface area contributed by atoms with Crippen molar-refractivity contribution in [1.82, 2.24) is 15.5 Å². The van der Waals surface area contributed by atoms with E-state index in [4.69, 9.17) is 4.99 Å². The van der Waals surface area contributed by atoms with Crippen molar-refractivity contribution >= 4 is 35.6 Å². The van der Waals surface area contributed by atoms with Crippen molar-refractivity contribution in [3.63, 3.8) is 0 Å². The normalized spacial score (nSPS) is 19.0. The predicted molar refractivity (Wildman–Crippen MR) is 141 cm³/mol. The maximum absolute atomic E-state index is 9.32. The zero-order valence-corrected chi connectivity index (χ0v) is 21.3. The summed E-state index contributed by atoms with van der Waals surface area (Å²) in [5, 5.41) is 16.3. The number of aliphatic hydroxyl groups excluding tert-OH is 1. The third-order valence-corrected chi connectivity index (χ3v) is 6.25. The number of guanidine groups is 1. The third kappa shape index (κ3) is 8.27. The van der Waals surface area contributed by atoms with Gasteiger partial charge in [-0.1, -0.05) is 18.2 Å². The van der Waals surface area contributed by atoms with E-state index < -0.39 is 0 Å². The molecule has 0 spiro atoms. The van der Waals surface area contributed by atoms with Gasteiger partial charge >= 0.3 is 0 Å². The van der Waals surface area contributed by atoms with Crippen LogP contribution in [0.1, 0.15) is 38.2 Å². The van der Waals surface area contributed by atoms with E-state index in [1.165, 1.54) is 11.3 Å². The van der Waals surface area contributed by atoms with Crippen LogP contribution in [0.5, 0.6) is 0 Å². The van der Waals surface area contributed by atoms with Crippen molar-refractivity contribution in [2.75, 3.05) is 50.8 Å². The van der Waals surface area contributed by atoms with Crippen LogP contribution in [-0.2, 0) is 6.54 Å². The molecule has 2 saturated heterocycles. The number of rotatable bonds is 8. The summed E-state index contributed by atoms with van der Waals surface area (Å²) in [5.41, 5.74) is 2.50. The summed E-state index contributed by atoms with van der Waals surface area (Å²) >= 11 is 0. The van der Waals surface area contributed by atoms with Gasteiger partial charge in [-0.25, -0.2) is 4.99 Å². The van der Waals surface area contributed by atoms with Crippen LogP contribution in [0.3, 0.4) is 0 Å². The summed E-state index contributed by atoms with van der Waals surface area (Å²) in [6.07, 6.45) is 6.42. The molecule has 1 aromatic rings. The smallest absolute Gasteiger partial charge is 0.191 e. The average Bonchev–Trinajstić information content (AvgIpc) is 2.79. The van der Waals surface area contributed by atoms with Gasteiger partial charge in [0.05, 0.1) is 6.54 Å². The molecule has 0 bridgehead atoms. The maximum atomic E-state index is 9.32. The minimum Gasteiger partial charge on any atom is -0.396 e. The Kier molecular flexibility index (Phi) is 11.7. The van der Waals surface area contributed by atoms with Gasteiger partial charge in [0.2, 0.25) is 0 Å². The molecule has 6 nitrogen and oxygen atoms in total. The van der Waals surface area contributed by atoms with E-state index in [-0.39, 0.29) is 24.0 Å². The van der Waals surface area contributed by atoms with E-state index in [0.29, 0.717) is 25.1 Å². The van der Waals surface area contributed by atoms with Gasteiger partial charge in [-0.05, 0) is 56.2 Å². The van der Waals surface area contributed by atoms with Gasteiger partial charge < -0.3 is 20.6 Å². The highest BCUT2D eigenvalue weighted by Gasteiger charge is 2.20. The minimum atomic E-state index is 0. The number of nitrogens with one attached hydrogen (secondary N) is 2. The van der Waals surface area contributed by atoms with Crippen molar-refractivity contribution in [1.29, 1.82) is 0 Å². The van der Waals surface area contributed by atoms with E-state index >= 15 is 0 Å². The summed E-state index contributed by atoms with van der Waals surface area (Å²) in [7, 11) is 0. The monoisotopic (exact) mass is 541 g/mol. The fourth-order valence-electron chi connectivity index (χ4n) is 4.31. The van der Waals surface area contributed by atoms with Crippen LogP contribution in [0, 0.1) is 5.92 Å². The lowest BCUT2D eigenvalue weighted by atomic mass is 9.97. The fraction of sp³-hybridized carbons (Fsp3) is 0.625. The van der Waals surface area contributed by atoms with Gasteiger partial charge in [0, 0.05) is 57.6 Å². The third-order valence-electron chi connectivity index (χ3n) is 6.25. The Morgan fingerprint density at radius 2 is 1.81 bits per heavy atom. The van der Waals surface area contributed by atoms with Crippen LogP contribution in [0.4, 0.5) is 5.69 Å². The minimum absolute atomic E-state index is 0. The SMILES string of the molecule is C=CCN1CCC(NC(=NCc2ccc(N3CCC(CO)CC3)cc2)NCC)CC1.I. The highest BCUT2D eigenvalue weighted by atomic mass is 127. The molecule has 0 amide bonds. The first-order valence-electron chi connectivity index (χ1n) is 11.5. The fourth-order valence-corrected chi connectivity index (χ4v) is 4.31. The molecule has 174 valence electrons. The molecular formula is C24H40IN5O. The number of halogens is 1. The van der Waals surface area contributed by atoms with Crippen LogP contribution >= 0.6 is 24.0 Å². The quantitative estimate of drug-likeness (QED) is 0.204. The lowest BCUT2D eigenvalue weighted by Crippen LogP contribution is -2.48. The lowest BCUT2D eigenvalue weighted by molar-refractivity contribution is 0.203. The van der Waals surface area contributed by atoms with E-state index in [9.17, 15) is 5.11 Å². The van der Waals surface area contributed by atoms with Crippen LogP contribution in [0.25, 0.3) is 0 Å². The zero-order chi connectivity index (χ0) is 21.2. The molecule has 7 heteroatoms. The molecule has 1 aromatic carbocycles. The Morgan fingerprint density at radius 3 is 2.39 bits per heavy atom. The number of aliphatic hydroxyl groups is 1. The molecule has 0 aromatic heterocycles. The van der Waals surface area contributed by atoms with Crippen LogP contribution in [0.15, 0.2) is 41.9 Å². The molecule has 3 rings (SSSR count).